The molecule has 0 amide bonds. The first-order chi connectivity index (χ1) is 9.95. The minimum Gasteiger partial charge on any atom is -0.320 e. The number of hydrogen-bond donors (Lipinski definition) is 1. The summed E-state index contributed by atoms with van der Waals surface area (Å²) in [5.74, 6) is 6.14. The Labute approximate surface area is 127 Å². The van der Waals surface area contributed by atoms with E-state index >= 15 is 0 Å². The first-order valence-electron chi connectivity index (χ1n) is 7.21. The topological polar surface area (TPSA) is 63.4 Å². The zero-order valence-corrected chi connectivity index (χ0v) is 13.4. The SMILES string of the molecule is Cc1ccc(C#CCN)cc1S(=O)(=O)N(C)CC1CCC1. The van der Waals surface area contributed by atoms with Gasteiger partial charge in [-0.25, -0.2) is 12.7 Å². The highest BCUT2D eigenvalue weighted by atomic mass is 32.2. The van der Waals surface area contributed by atoms with Gasteiger partial charge in [-0.05, 0) is 43.4 Å². The van der Waals surface area contributed by atoms with Gasteiger partial charge in [0, 0.05) is 19.2 Å². The maximum absolute atomic E-state index is 12.7. The molecule has 2 rings (SSSR count). The molecule has 1 saturated carbocycles. The Balaban J connectivity index is 2.29. The molecule has 0 saturated heterocycles. The summed E-state index contributed by atoms with van der Waals surface area (Å²) in [5, 5.41) is 0. The molecule has 21 heavy (non-hydrogen) atoms. The summed E-state index contributed by atoms with van der Waals surface area (Å²) in [6.07, 6.45) is 3.46. The lowest BCUT2D eigenvalue weighted by Gasteiger charge is -2.30. The summed E-state index contributed by atoms with van der Waals surface area (Å²) in [5.41, 5.74) is 6.78. The molecule has 0 aromatic heterocycles. The lowest BCUT2D eigenvalue weighted by atomic mass is 9.86. The molecule has 1 aromatic rings. The van der Waals surface area contributed by atoms with Gasteiger partial charge in [-0.3, -0.25) is 0 Å². The van der Waals surface area contributed by atoms with Crippen LogP contribution >= 0.6 is 0 Å². The molecule has 5 heteroatoms. The van der Waals surface area contributed by atoms with Crippen LogP contribution in [0.25, 0.3) is 0 Å². The fourth-order valence-corrected chi connectivity index (χ4v) is 3.91. The molecule has 4 nitrogen and oxygen atoms in total. The number of aryl methyl sites for hydroxylation is 1. The van der Waals surface area contributed by atoms with Gasteiger partial charge in [0.1, 0.15) is 0 Å². The second-order valence-corrected chi connectivity index (χ2v) is 7.58. The Morgan fingerprint density at radius 1 is 1.38 bits per heavy atom. The van der Waals surface area contributed by atoms with E-state index in [-0.39, 0.29) is 6.54 Å². The van der Waals surface area contributed by atoms with Crippen molar-refractivity contribution in [2.75, 3.05) is 20.1 Å². The molecule has 1 aromatic carbocycles. The number of nitrogens with zero attached hydrogens (tertiary/aromatic N) is 1. The molecule has 1 aliphatic rings. The molecule has 0 aliphatic heterocycles. The third-order valence-electron chi connectivity index (χ3n) is 3.95. The maximum atomic E-state index is 12.7. The van der Waals surface area contributed by atoms with Crippen molar-refractivity contribution in [3.8, 4) is 11.8 Å². The minimum absolute atomic E-state index is 0.261. The summed E-state index contributed by atoms with van der Waals surface area (Å²) in [6.45, 7) is 2.67. The van der Waals surface area contributed by atoms with Gasteiger partial charge in [0.05, 0.1) is 11.4 Å². The molecule has 1 fully saturated rings. The molecule has 0 atom stereocenters. The van der Waals surface area contributed by atoms with Gasteiger partial charge in [0.2, 0.25) is 10.0 Å². The summed E-state index contributed by atoms with van der Waals surface area (Å²) >= 11 is 0. The van der Waals surface area contributed by atoms with Gasteiger partial charge in [-0.1, -0.05) is 24.3 Å². The van der Waals surface area contributed by atoms with Crippen LogP contribution in [-0.4, -0.2) is 32.9 Å². The van der Waals surface area contributed by atoms with Gasteiger partial charge in [0.25, 0.3) is 0 Å². The predicted octanol–water partition coefficient (Wildman–Crippen LogP) is 1.73. The Bertz CT molecular complexity index is 667. The van der Waals surface area contributed by atoms with Crippen molar-refractivity contribution in [3.05, 3.63) is 29.3 Å². The van der Waals surface area contributed by atoms with E-state index in [1.165, 1.54) is 10.7 Å². The Hall–Kier alpha value is -1.35. The third kappa shape index (κ3) is 3.65. The van der Waals surface area contributed by atoms with E-state index in [1.807, 2.05) is 13.0 Å². The Morgan fingerprint density at radius 2 is 2.10 bits per heavy atom. The van der Waals surface area contributed by atoms with Gasteiger partial charge >= 0.3 is 0 Å². The van der Waals surface area contributed by atoms with Crippen LogP contribution in [0.1, 0.15) is 30.4 Å². The Morgan fingerprint density at radius 3 is 2.67 bits per heavy atom. The van der Waals surface area contributed by atoms with Crippen molar-refractivity contribution in [1.29, 1.82) is 0 Å². The van der Waals surface area contributed by atoms with Crippen LogP contribution in [0.3, 0.4) is 0 Å². The van der Waals surface area contributed by atoms with E-state index in [0.29, 0.717) is 22.9 Å². The average Bonchev–Trinajstić information content (AvgIpc) is 2.41. The molecule has 0 bridgehead atoms. The number of nitrogens with two attached hydrogens (primary N) is 1. The molecule has 114 valence electrons. The van der Waals surface area contributed by atoms with Crippen molar-refractivity contribution in [2.45, 2.75) is 31.1 Å². The quantitative estimate of drug-likeness (QED) is 0.862. The number of hydrogen-bond acceptors (Lipinski definition) is 3. The molecular weight excluding hydrogens is 284 g/mol. The van der Waals surface area contributed by atoms with Crippen LogP contribution in [0.5, 0.6) is 0 Å². The number of benzene rings is 1. The Kier molecular flexibility index (Phi) is 5.04. The van der Waals surface area contributed by atoms with E-state index in [4.69, 9.17) is 5.73 Å². The second kappa shape index (κ2) is 6.61. The van der Waals surface area contributed by atoms with Gasteiger partial charge in [-0.15, -0.1) is 0 Å². The molecular formula is C16H22N2O2S. The molecule has 0 radical (unpaired) electrons. The smallest absolute Gasteiger partial charge is 0.243 e. The summed E-state index contributed by atoms with van der Waals surface area (Å²) < 4.78 is 26.9. The first kappa shape index (κ1) is 16.0. The number of rotatable bonds is 4. The van der Waals surface area contributed by atoms with Gasteiger partial charge in [0.15, 0.2) is 0 Å². The van der Waals surface area contributed by atoms with Crippen LogP contribution in [0.2, 0.25) is 0 Å². The van der Waals surface area contributed by atoms with Crippen molar-refractivity contribution >= 4 is 10.0 Å². The fourth-order valence-electron chi connectivity index (χ4n) is 2.41. The van der Waals surface area contributed by atoms with E-state index < -0.39 is 10.0 Å². The third-order valence-corrected chi connectivity index (χ3v) is 5.92. The van der Waals surface area contributed by atoms with E-state index in [1.54, 1.807) is 19.2 Å². The zero-order chi connectivity index (χ0) is 15.5. The number of sulfonamides is 1. The van der Waals surface area contributed by atoms with Crippen LogP contribution in [0.4, 0.5) is 0 Å². The van der Waals surface area contributed by atoms with Crippen LogP contribution in [0.15, 0.2) is 23.1 Å². The first-order valence-corrected chi connectivity index (χ1v) is 8.65. The van der Waals surface area contributed by atoms with Gasteiger partial charge in [-0.2, -0.15) is 0 Å². The summed E-state index contributed by atoms with van der Waals surface area (Å²) in [4.78, 5) is 0.341. The minimum atomic E-state index is -3.45. The molecule has 2 N–H and O–H groups in total. The predicted molar refractivity (Wildman–Crippen MR) is 84.3 cm³/mol. The highest BCUT2D eigenvalue weighted by Crippen LogP contribution is 2.29. The monoisotopic (exact) mass is 306 g/mol. The molecule has 0 unspecified atom stereocenters. The molecule has 0 spiro atoms. The van der Waals surface area contributed by atoms with Crippen LogP contribution in [-0.2, 0) is 10.0 Å². The highest BCUT2D eigenvalue weighted by Gasteiger charge is 2.27. The van der Waals surface area contributed by atoms with Crippen LogP contribution in [0, 0.1) is 24.7 Å². The van der Waals surface area contributed by atoms with Crippen molar-refractivity contribution in [3.63, 3.8) is 0 Å². The summed E-state index contributed by atoms with van der Waals surface area (Å²) in [6, 6.07) is 5.26. The zero-order valence-electron chi connectivity index (χ0n) is 12.6. The van der Waals surface area contributed by atoms with E-state index in [0.717, 1.165) is 18.4 Å². The fraction of sp³-hybridized carbons (Fsp3) is 0.500. The lowest BCUT2D eigenvalue weighted by Crippen LogP contribution is -2.34. The van der Waals surface area contributed by atoms with Crippen LogP contribution < -0.4 is 5.73 Å². The summed E-state index contributed by atoms with van der Waals surface area (Å²) in [7, 11) is -1.80. The standard InChI is InChI=1S/C16H22N2O2S/c1-13-8-9-14(7-4-10-17)11-16(13)21(19,20)18(2)12-15-5-3-6-15/h8-9,11,15H,3,5-6,10,12,17H2,1-2H3. The molecule has 0 heterocycles. The van der Waals surface area contributed by atoms with E-state index in [2.05, 4.69) is 11.8 Å². The van der Waals surface area contributed by atoms with Gasteiger partial charge < -0.3 is 5.73 Å². The average molecular weight is 306 g/mol. The van der Waals surface area contributed by atoms with Crippen molar-refractivity contribution < 1.29 is 8.42 Å². The van der Waals surface area contributed by atoms with E-state index in [9.17, 15) is 8.42 Å². The normalized spacial score (nSPS) is 15.4. The lowest BCUT2D eigenvalue weighted by molar-refractivity contribution is 0.263. The second-order valence-electron chi connectivity index (χ2n) is 5.57. The largest absolute Gasteiger partial charge is 0.320 e. The molecule has 1 aliphatic carbocycles. The maximum Gasteiger partial charge on any atom is 0.243 e. The van der Waals surface area contributed by atoms with Crippen molar-refractivity contribution in [1.82, 2.24) is 4.31 Å². The highest BCUT2D eigenvalue weighted by molar-refractivity contribution is 7.89. The van der Waals surface area contributed by atoms with Crippen molar-refractivity contribution in [2.24, 2.45) is 11.7 Å².